The number of aromatic nitrogens is 2. The Morgan fingerprint density at radius 2 is 1.80 bits per heavy atom. The topological polar surface area (TPSA) is 86.6 Å². The summed E-state index contributed by atoms with van der Waals surface area (Å²) in [6, 6.07) is 17.2. The largest absolute Gasteiger partial charge is 0.277 e. The predicted molar refractivity (Wildman–Crippen MR) is 98.9 cm³/mol. The number of sulfone groups is 1. The second-order valence-corrected chi connectivity index (χ2v) is 7.98. The Labute approximate surface area is 153 Å². The molecule has 25 heavy (non-hydrogen) atoms. The maximum atomic E-state index is 12.7. The summed E-state index contributed by atoms with van der Waals surface area (Å²) in [5.74, 6) is 0. The van der Waals surface area contributed by atoms with Crippen LogP contribution in [-0.4, -0.2) is 18.6 Å². The lowest BCUT2D eigenvalue weighted by molar-refractivity contribution is 0.603. The van der Waals surface area contributed by atoms with Crippen molar-refractivity contribution in [2.45, 2.75) is 4.90 Å². The first-order chi connectivity index (χ1) is 12.0. The van der Waals surface area contributed by atoms with Gasteiger partial charge in [0, 0.05) is 15.6 Å². The van der Waals surface area contributed by atoms with Crippen LogP contribution >= 0.6 is 15.9 Å². The van der Waals surface area contributed by atoms with Gasteiger partial charge in [-0.3, -0.25) is 5.10 Å². The molecule has 1 heterocycles. The van der Waals surface area contributed by atoms with E-state index >= 15 is 0 Å². The molecular formula is C18H12BrN3O2S. The van der Waals surface area contributed by atoms with Gasteiger partial charge in [-0.15, -0.1) is 0 Å². The minimum absolute atomic E-state index is 0.0801. The summed E-state index contributed by atoms with van der Waals surface area (Å²) < 4.78 is 26.2. The number of halogens is 1. The second-order valence-electron chi connectivity index (χ2n) is 5.14. The van der Waals surface area contributed by atoms with Crippen molar-refractivity contribution in [1.82, 2.24) is 10.2 Å². The van der Waals surface area contributed by atoms with Crippen LogP contribution in [0.5, 0.6) is 0 Å². The average molecular weight is 414 g/mol. The van der Waals surface area contributed by atoms with Crippen molar-refractivity contribution in [2.24, 2.45) is 0 Å². The van der Waals surface area contributed by atoms with Crippen molar-refractivity contribution in [3.8, 4) is 17.3 Å². The van der Waals surface area contributed by atoms with E-state index in [0.29, 0.717) is 11.3 Å². The van der Waals surface area contributed by atoms with Gasteiger partial charge in [-0.1, -0.05) is 46.3 Å². The van der Waals surface area contributed by atoms with Crippen molar-refractivity contribution in [3.63, 3.8) is 0 Å². The summed E-state index contributed by atoms with van der Waals surface area (Å²) in [4.78, 5) is -0.255. The van der Waals surface area contributed by atoms with E-state index in [0.717, 1.165) is 10.0 Å². The third kappa shape index (κ3) is 3.55. The molecule has 0 radical (unpaired) electrons. The molecule has 0 unspecified atom stereocenters. The standard InChI is InChI=1S/C18H12BrN3O2S/c19-15-8-6-13(7-9-15)18-14(12-21-22-18)10-17(11-20)25(23,24)16-4-2-1-3-5-16/h1-10,12H,(H,21,22)/b17-10+. The fourth-order valence-electron chi connectivity index (χ4n) is 2.29. The monoisotopic (exact) mass is 413 g/mol. The van der Waals surface area contributed by atoms with E-state index in [-0.39, 0.29) is 9.80 Å². The number of nitrogens with one attached hydrogen (secondary N) is 1. The van der Waals surface area contributed by atoms with Crippen LogP contribution in [0, 0.1) is 11.3 Å². The molecule has 124 valence electrons. The molecule has 3 rings (SSSR count). The fourth-order valence-corrected chi connectivity index (χ4v) is 3.73. The lowest BCUT2D eigenvalue weighted by Gasteiger charge is -2.04. The number of H-pyrrole nitrogens is 1. The third-order valence-electron chi connectivity index (χ3n) is 3.54. The van der Waals surface area contributed by atoms with Gasteiger partial charge >= 0.3 is 0 Å². The molecule has 2 aromatic carbocycles. The van der Waals surface area contributed by atoms with E-state index in [4.69, 9.17) is 0 Å². The maximum absolute atomic E-state index is 12.7. The van der Waals surface area contributed by atoms with Crippen LogP contribution in [0.4, 0.5) is 0 Å². The molecule has 0 atom stereocenters. The fraction of sp³-hybridized carbons (Fsp3) is 0. The molecule has 7 heteroatoms. The van der Waals surface area contributed by atoms with Crippen LogP contribution < -0.4 is 0 Å². The number of rotatable bonds is 4. The molecule has 0 saturated heterocycles. The lowest BCUT2D eigenvalue weighted by atomic mass is 10.1. The number of hydrogen-bond acceptors (Lipinski definition) is 4. The molecule has 0 aliphatic heterocycles. The summed E-state index contributed by atoms with van der Waals surface area (Å²) in [6.45, 7) is 0. The van der Waals surface area contributed by atoms with Gasteiger partial charge in [0.15, 0.2) is 0 Å². The van der Waals surface area contributed by atoms with E-state index in [2.05, 4.69) is 26.1 Å². The molecule has 0 fully saturated rings. The van der Waals surface area contributed by atoms with E-state index in [1.165, 1.54) is 24.4 Å². The van der Waals surface area contributed by atoms with Crippen LogP contribution in [0.1, 0.15) is 5.56 Å². The van der Waals surface area contributed by atoms with Gasteiger partial charge in [-0.2, -0.15) is 10.4 Å². The van der Waals surface area contributed by atoms with Crippen LogP contribution in [0.15, 0.2) is 75.1 Å². The van der Waals surface area contributed by atoms with E-state index in [1.807, 2.05) is 24.3 Å². The van der Waals surface area contributed by atoms with Crippen molar-refractivity contribution in [3.05, 3.63) is 75.7 Å². The highest BCUT2D eigenvalue weighted by Crippen LogP contribution is 2.27. The molecule has 0 spiro atoms. The number of aromatic amines is 1. The van der Waals surface area contributed by atoms with Crippen molar-refractivity contribution in [2.75, 3.05) is 0 Å². The van der Waals surface area contributed by atoms with Crippen LogP contribution in [0.3, 0.4) is 0 Å². The third-order valence-corrected chi connectivity index (χ3v) is 5.75. The van der Waals surface area contributed by atoms with Crippen LogP contribution in [0.25, 0.3) is 17.3 Å². The van der Waals surface area contributed by atoms with E-state index in [9.17, 15) is 13.7 Å². The molecule has 5 nitrogen and oxygen atoms in total. The molecule has 0 aliphatic carbocycles. The first-order valence-corrected chi connectivity index (χ1v) is 9.51. The smallest absolute Gasteiger partial charge is 0.216 e. The summed E-state index contributed by atoms with van der Waals surface area (Å²) in [5.41, 5.74) is 2.00. The number of hydrogen-bond donors (Lipinski definition) is 1. The second kappa shape index (κ2) is 7.05. The first kappa shape index (κ1) is 17.1. The molecular weight excluding hydrogens is 402 g/mol. The van der Waals surface area contributed by atoms with Gasteiger partial charge in [-0.05, 0) is 30.3 Å². The Hall–Kier alpha value is -2.69. The van der Waals surface area contributed by atoms with Crippen molar-refractivity contribution in [1.29, 1.82) is 5.26 Å². The van der Waals surface area contributed by atoms with Crippen LogP contribution in [0.2, 0.25) is 0 Å². The summed E-state index contributed by atoms with van der Waals surface area (Å²) in [5, 5.41) is 16.2. The summed E-state index contributed by atoms with van der Waals surface area (Å²) >= 11 is 3.37. The van der Waals surface area contributed by atoms with E-state index in [1.54, 1.807) is 24.3 Å². The molecule has 1 aromatic heterocycles. The minimum atomic E-state index is -3.88. The minimum Gasteiger partial charge on any atom is -0.277 e. The first-order valence-electron chi connectivity index (χ1n) is 7.23. The molecule has 3 aromatic rings. The zero-order valence-electron chi connectivity index (χ0n) is 12.8. The van der Waals surface area contributed by atoms with Crippen molar-refractivity contribution >= 4 is 31.8 Å². The van der Waals surface area contributed by atoms with Crippen LogP contribution in [-0.2, 0) is 9.84 Å². The van der Waals surface area contributed by atoms with Gasteiger partial charge in [0.1, 0.15) is 11.0 Å². The number of nitriles is 1. The Morgan fingerprint density at radius 1 is 1.12 bits per heavy atom. The zero-order valence-corrected chi connectivity index (χ0v) is 15.3. The highest BCUT2D eigenvalue weighted by molar-refractivity contribution is 9.10. The Bertz CT molecular complexity index is 1060. The molecule has 0 saturated carbocycles. The maximum Gasteiger partial charge on any atom is 0.216 e. The SMILES string of the molecule is N#C/C(=C\c1cn[nH]c1-c1ccc(Br)cc1)S(=O)(=O)c1ccccc1. The Kier molecular flexibility index (Phi) is 4.83. The summed E-state index contributed by atoms with van der Waals surface area (Å²) in [6.07, 6.45) is 2.83. The van der Waals surface area contributed by atoms with Gasteiger partial charge < -0.3 is 0 Å². The lowest BCUT2D eigenvalue weighted by Crippen LogP contribution is -2.03. The quantitative estimate of drug-likeness (QED) is 0.649. The Morgan fingerprint density at radius 3 is 2.44 bits per heavy atom. The van der Waals surface area contributed by atoms with E-state index < -0.39 is 9.84 Å². The summed E-state index contributed by atoms with van der Waals surface area (Å²) in [7, 11) is -3.88. The average Bonchev–Trinajstić information content (AvgIpc) is 3.09. The van der Waals surface area contributed by atoms with Crippen molar-refractivity contribution < 1.29 is 8.42 Å². The zero-order chi connectivity index (χ0) is 17.9. The molecule has 0 bridgehead atoms. The number of benzene rings is 2. The molecule has 1 N–H and O–H groups in total. The Balaban J connectivity index is 2.07. The van der Waals surface area contributed by atoms with Gasteiger partial charge in [0.05, 0.1) is 16.8 Å². The van der Waals surface area contributed by atoms with Gasteiger partial charge in [0.25, 0.3) is 0 Å². The normalized spacial score (nSPS) is 11.9. The van der Waals surface area contributed by atoms with Gasteiger partial charge in [-0.25, -0.2) is 8.42 Å². The molecule has 0 aliphatic rings. The molecule has 0 amide bonds. The predicted octanol–water partition coefficient (Wildman–Crippen LogP) is 4.18. The highest BCUT2D eigenvalue weighted by atomic mass is 79.9. The number of nitrogens with zero attached hydrogens (tertiary/aromatic N) is 2. The highest BCUT2D eigenvalue weighted by Gasteiger charge is 2.21. The van der Waals surface area contributed by atoms with Gasteiger partial charge in [0.2, 0.25) is 9.84 Å². The number of allylic oxidation sites excluding steroid dienone is 1.